The predicted molar refractivity (Wildman–Crippen MR) is 54.1 cm³/mol. The standard InChI is InChI=1S/C8H9NO2S2/c10-8(11)5-4-13-7(9-5)6-2-1-3-12-6/h1-3,5,7,9H,4H2,(H,10,11)/t5-,7?/m1/s1. The summed E-state index contributed by atoms with van der Waals surface area (Å²) in [4.78, 5) is 11.8. The number of rotatable bonds is 2. The maximum Gasteiger partial charge on any atom is 0.321 e. The first-order chi connectivity index (χ1) is 6.27. The Morgan fingerprint density at radius 3 is 3.08 bits per heavy atom. The summed E-state index contributed by atoms with van der Waals surface area (Å²) in [6.07, 6.45) is 0. The molecule has 1 saturated heterocycles. The minimum absolute atomic E-state index is 0.168. The van der Waals surface area contributed by atoms with Crippen molar-refractivity contribution in [2.45, 2.75) is 11.4 Å². The number of carboxylic acids is 1. The average Bonchev–Trinajstić information content (AvgIpc) is 2.75. The minimum atomic E-state index is -0.758. The Morgan fingerprint density at radius 2 is 2.54 bits per heavy atom. The summed E-state index contributed by atoms with van der Waals surface area (Å²) >= 11 is 3.31. The van der Waals surface area contributed by atoms with Gasteiger partial charge in [-0.15, -0.1) is 23.1 Å². The van der Waals surface area contributed by atoms with Gasteiger partial charge < -0.3 is 5.11 Å². The molecule has 2 rings (SSSR count). The van der Waals surface area contributed by atoms with Crippen LogP contribution in [0.25, 0.3) is 0 Å². The van der Waals surface area contributed by atoms with E-state index in [0.717, 1.165) is 0 Å². The normalized spacial score (nSPS) is 27.7. The zero-order valence-electron chi connectivity index (χ0n) is 6.77. The summed E-state index contributed by atoms with van der Waals surface area (Å²) in [6, 6.07) is 3.62. The van der Waals surface area contributed by atoms with Crippen LogP contribution in [0.2, 0.25) is 0 Å². The SMILES string of the molecule is O=C(O)[C@H]1CSC(c2cccs2)N1. The smallest absolute Gasteiger partial charge is 0.321 e. The molecule has 1 aliphatic heterocycles. The fourth-order valence-electron chi connectivity index (χ4n) is 1.22. The average molecular weight is 215 g/mol. The number of aliphatic carboxylic acids is 1. The first kappa shape index (κ1) is 9.05. The first-order valence-electron chi connectivity index (χ1n) is 3.91. The molecular formula is C8H9NO2S2. The van der Waals surface area contributed by atoms with Gasteiger partial charge in [0.15, 0.2) is 0 Å². The molecule has 2 atom stereocenters. The third-order valence-corrected chi connectivity index (χ3v) is 4.22. The largest absolute Gasteiger partial charge is 0.480 e. The van der Waals surface area contributed by atoms with Gasteiger partial charge in [0.25, 0.3) is 0 Å². The summed E-state index contributed by atoms with van der Waals surface area (Å²) in [5.41, 5.74) is 0. The van der Waals surface area contributed by atoms with E-state index >= 15 is 0 Å². The van der Waals surface area contributed by atoms with Crippen molar-refractivity contribution in [2.75, 3.05) is 5.75 Å². The molecule has 2 heterocycles. The molecule has 5 heteroatoms. The van der Waals surface area contributed by atoms with Crippen molar-refractivity contribution in [2.24, 2.45) is 0 Å². The first-order valence-corrected chi connectivity index (χ1v) is 5.84. The second kappa shape index (κ2) is 3.69. The van der Waals surface area contributed by atoms with E-state index in [0.29, 0.717) is 5.75 Å². The summed E-state index contributed by atoms with van der Waals surface area (Å²) in [5, 5.41) is 14.0. The molecule has 0 aromatic carbocycles. The lowest BCUT2D eigenvalue weighted by atomic mass is 10.3. The van der Waals surface area contributed by atoms with Crippen molar-refractivity contribution in [3.8, 4) is 0 Å². The van der Waals surface area contributed by atoms with Crippen LogP contribution >= 0.6 is 23.1 Å². The molecule has 2 N–H and O–H groups in total. The molecule has 1 aromatic rings. The number of carboxylic acid groups (broad SMARTS) is 1. The van der Waals surface area contributed by atoms with Crippen LogP contribution in [-0.4, -0.2) is 22.9 Å². The summed E-state index contributed by atoms with van der Waals surface area (Å²) in [5.74, 6) is -0.107. The fourth-order valence-corrected chi connectivity index (χ4v) is 3.38. The van der Waals surface area contributed by atoms with E-state index < -0.39 is 12.0 Å². The lowest BCUT2D eigenvalue weighted by molar-refractivity contribution is -0.138. The van der Waals surface area contributed by atoms with Crippen molar-refractivity contribution < 1.29 is 9.90 Å². The van der Waals surface area contributed by atoms with Crippen molar-refractivity contribution >= 4 is 29.1 Å². The molecular weight excluding hydrogens is 206 g/mol. The van der Waals surface area contributed by atoms with Gasteiger partial charge in [0.2, 0.25) is 0 Å². The number of carbonyl (C=O) groups is 1. The molecule has 0 bridgehead atoms. The van der Waals surface area contributed by atoms with Gasteiger partial charge in [-0.05, 0) is 11.4 Å². The van der Waals surface area contributed by atoms with Gasteiger partial charge >= 0.3 is 5.97 Å². The van der Waals surface area contributed by atoms with Gasteiger partial charge in [-0.3, -0.25) is 10.1 Å². The van der Waals surface area contributed by atoms with Crippen LogP contribution in [0.3, 0.4) is 0 Å². The molecule has 0 saturated carbocycles. The van der Waals surface area contributed by atoms with Crippen molar-refractivity contribution in [3.05, 3.63) is 22.4 Å². The highest BCUT2D eigenvalue weighted by atomic mass is 32.2. The highest BCUT2D eigenvalue weighted by Gasteiger charge is 2.30. The van der Waals surface area contributed by atoms with E-state index in [2.05, 4.69) is 5.32 Å². The number of hydrogen-bond donors (Lipinski definition) is 2. The van der Waals surface area contributed by atoms with Gasteiger partial charge in [-0.2, -0.15) is 0 Å². The van der Waals surface area contributed by atoms with Crippen LogP contribution in [0.1, 0.15) is 10.3 Å². The van der Waals surface area contributed by atoms with Gasteiger partial charge in [-0.25, -0.2) is 0 Å². The molecule has 13 heavy (non-hydrogen) atoms. The van der Waals surface area contributed by atoms with E-state index in [1.165, 1.54) is 4.88 Å². The monoisotopic (exact) mass is 215 g/mol. The van der Waals surface area contributed by atoms with E-state index in [9.17, 15) is 4.79 Å². The Hall–Kier alpha value is -0.520. The predicted octanol–water partition coefficient (Wildman–Crippen LogP) is 1.54. The zero-order valence-corrected chi connectivity index (χ0v) is 8.40. The Bertz CT molecular complexity index is 299. The Morgan fingerprint density at radius 1 is 1.69 bits per heavy atom. The molecule has 70 valence electrons. The molecule has 0 spiro atoms. The van der Waals surface area contributed by atoms with Crippen LogP contribution in [0.4, 0.5) is 0 Å². The zero-order chi connectivity index (χ0) is 9.26. The molecule has 0 aliphatic carbocycles. The third-order valence-electron chi connectivity index (χ3n) is 1.88. The number of thioether (sulfide) groups is 1. The van der Waals surface area contributed by atoms with Gasteiger partial charge in [-0.1, -0.05) is 6.07 Å². The Labute approximate surface area is 84.2 Å². The van der Waals surface area contributed by atoms with Gasteiger partial charge in [0.1, 0.15) is 6.04 Å². The fraction of sp³-hybridized carbons (Fsp3) is 0.375. The van der Waals surface area contributed by atoms with Crippen molar-refractivity contribution in [3.63, 3.8) is 0 Å². The summed E-state index contributed by atoms with van der Waals surface area (Å²) in [7, 11) is 0. The molecule has 1 aliphatic rings. The van der Waals surface area contributed by atoms with E-state index in [4.69, 9.17) is 5.11 Å². The van der Waals surface area contributed by atoms with E-state index in [1.807, 2.05) is 17.5 Å². The number of nitrogens with one attached hydrogen (secondary N) is 1. The van der Waals surface area contributed by atoms with Crippen LogP contribution in [0.15, 0.2) is 17.5 Å². The van der Waals surface area contributed by atoms with Crippen LogP contribution in [0, 0.1) is 0 Å². The summed E-state index contributed by atoms with van der Waals surface area (Å²) < 4.78 is 0. The highest BCUT2D eigenvalue weighted by Crippen LogP contribution is 2.34. The quantitative estimate of drug-likeness (QED) is 0.785. The third kappa shape index (κ3) is 1.87. The summed E-state index contributed by atoms with van der Waals surface area (Å²) in [6.45, 7) is 0. The second-order valence-electron chi connectivity index (χ2n) is 2.79. The van der Waals surface area contributed by atoms with Gasteiger partial charge in [0.05, 0.1) is 5.37 Å². The second-order valence-corrected chi connectivity index (χ2v) is 4.90. The van der Waals surface area contributed by atoms with Crippen LogP contribution < -0.4 is 5.32 Å². The van der Waals surface area contributed by atoms with Crippen molar-refractivity contribution in [1.29, 1.82) is 0 Å². The lowest BCUT2D eigenvalue weighted by Gasteiger charge is -2.07. The minimum Gasteiger partial charge on any atom is -0.480 e. The molecule has 1 fully saturated rings. The van der Waals surface area contributed by atoms with Gasteiger partial charge in [0, 0.05) is 10.6 Å². The molecule has 1 aromatic heterocycles. The topological polar surface area (TPSA) is 49.3 Å². The van der Waals surface area contributed by atoms with E-state index in [1.54, 1.807) is 23.1 Å². The lowest BCUT2D eigenvalue weighted by Crippen LogP contribution is -2.33. The van der Waals surface area contributed by atoms with Crippen LogP contribution in [-0.2, 0) is 4.79 Å². The molecule has 1 unspecified atom stereocenters. The Kier molecular flexibility index (Phi) is 2.57. The maximum absolute atomic E-state index is 10.6. The molecule has 3 nitrogen and oxygen atoms in total. The maximum atomic E-state index is 10.6. The Balaban J connectivity index is 2.03. The van der Waals surface area contributed by atoms with E-state index in [-0.39, 0.29) is 5.37 Å². The molecule has 0 amide bonds. The van der Waals surface area contributed by atoms with Crippen LogP contribution in [0.5, 0.6) is 0 Å². The molecule has 0 radical (unpaired) electrons. The number of hydrogen-bond acceptors (Lipinski definition) is 4. The highest BCUT2D eigenvalue weighted by molar-refractivity contribution is 7.99. The number of thiophene rings is 1. The van der Waals surface area contributed by atoms with Crippen molar-refractivity contribution in [1.82, 2.24) is 5.32 Å².